The number of aromatic nitrogens is 3. The predicted molar refractivity (Wildman–Crippen MR) is 98.4 cm³/mol. The van der Waals surface area contributed by atoms with Gasteiger partial charge in [-0.3, -0.25) is 4.79 Å². The first-order valence-corrected chi connectivity index (χ1v) is 9.36. The minimum Gasteiger partial charge on any atom is -0.462 e. The quantitative estimate of drug-likeness (QED) is 0.439. The normalized spacial score (nSPS) is 12.2. The van der Waals surface area contributed by atoms with Crippen LogP contribution in [0.2, 0.25) is 0 Å². The van der Waals surface area contributed by atoms with Crippen LogP contribution in [0.15, 0.2) is 17.6 Å². The summed E-state index contributed by atoms with van der Waals surface area (Å²) in [6, 6.07) is 0. The topological polar surface area (TPSA) is 77.0 Å². The second kappa shape index (κ2) is 8.38. The third-order valence-electron chi connectivity index (χ3n) is 3.96. The van der Waals surface area contributed by atoms with Gasteiger partial charge in [-0.05, 0) is 39.7 Å². The summed E-state index contributed by atoms with van der Waals surface area (Å²) in [5.74, 6) is -0.446. The van der Waals surface area contributed by atoms with Crippen molar-refractivity contribution in [2.75, 3.05) is 6.61 Å². The van der Waals surface area contributed by atoms with Crippen LogP contribution in [0.4, 0.5) is 0 Å². The fourth-order valence-corrected chi connectivity index (χ4v) is 3.70. The number of esters is 1. The van der Waals surface area contributed by atoms with Gasteiger partial charge in [0.15, 0.2) is 10.9 Å². The van der Waals surface area contributed by atoms with E-state index in [2.05, 4.69) is 16.9 Å². The van der Waals surface area contributed by atoms with Gasteiger partial charge in [0.2, 0.25) is 0 Å². The first-order chi connectivity index (χ1) is 11.9. The highest BCUT2D eigenvalue weighted by Gasteiger charge is 2.26. The van der Waals surface area contributed by atoms with Crippen molar-refractivity contribution in [3.8, 4) is 0 Å². The van der Waals surface area contributed by atoms with Crippen LogP contribution >= 0.6 is 11.8 Å². The van der Waals surface area contributed by atoms with E-state index in [9.17, 15) is 9.59 Å². The Bertz CT molecular complexity index is 764. The van der Waals surface area contributed by atoms with Crippen molar-refractivity contribution < 1.29 is 14.3 Å². The second-order valence-corrected chi connectivity index (χ2v) is 7.18. The molecule has 0 saturated heterocycles. The van der Waals surface area contributed by atoms with Gasteiger partial charge in [0, 0.05) is 24.6 Å². The van der Waals surface area contributed by atoms with Gasteiger partial charge in [-0.2, -0.15) is 0 Å². The molecule has 0 bridgehead atoms. The molecule has 0 aliphatic carbocycles. The highest BCUT2D eigenvalue weighted by Crippen LogP contribution is 2.27. The molecule has 1 N–H and O–H groups in total. The molecular formula is C18H25N3O3S. The molecule has 136 valence electrons. The number of imidazole rings is 1. The number of rotatable bonds is 8. The highest BCUT2D eigenvalue weighted by atomic mass is 32.2. The van der Waals surface area contributed by atoms with E-state index < -0.39 is 5.97 Å². The molecule has 0 amide bonds. The van der Waals surface area contributed by atoms with Crippen molar-refractivity contribution in [2.24, 2.45) is 0 Å². The third kappa shape index (κ3) is 4.15. The number of H-pyrrole nitrogens is 1. The summed E-state index contributed by atoms with van der Waals surface area (Å²) in [7, 11) is 0. The second-order valence-electron chi connectivity index (χ2n) is 5.87. The molecule has 0 radical (unpaired) electrons. The van der Waals surface area contributed by atoms with Gasteiger partial charge < -0.3 is 14.3 Å². The Labute approximate surface area is 152 Å². The van der Waals surface area contributed by atoms with Gasteiger partial charge in [-0.1, -0.05) is 18.7 Å². The van der Waals surface area contributed by atoms with E-state index in [4.69, 9.17) is 4.74 Å². The van der Waals surface area contributed by atoms with Crippen molar-refractivity contribution >= 4 is 23.5 Å². The number of hydrogen-bond acceptors (Lipinski definition) is 5. The van der Waals surface area contributed by atoms with Crippen LogP contribution in [0.5, 0.6) is 0 Å². The summed E-state index contributed by atoms with van der Waals surface area (Å²) in [5.41, 5.74) is 2.22. The smallest absolute Gasteiger partial charge is 0.340 e. The molecule has 2 heterocycles. The summed E-state index contributed by atoms with van der Waals surface area (Å²) in [6.45, 7) is 10.5. The van der Waals surface area contributed by atoms with E-state index in [-0.39, 0.29) is 11.0 Å². The standard InChI is InChI=1S/C18H25N3O3S/c1-6-9-21-10-8-19-18(21)25-13(5)16(22)15-11(3)14(12(4)20-15)17(23)24-7-2/h8,10,13,20H,6-7,9H2,1-5H3/t13-/m0/s1. The minimum atomic E-state index is -0.397. The molecule has 0 spiro atoms. The van der Waals surface area contributed by atoms with Crippen LogP contribution in [0.1, 0.15) is 59.3 Å². The van der Waals surface area contributed by atoms with E-state index in [0.717, 1.165) is 18.1 Å². The summed E-state index contributed by atoms with van der Waals surface area (Å²) >= 11 is 1.43. The van der Waals surface area contributed by atoms with Crippen molar-refractivity contribution in [3.05, 3.63) is 34.9 Å². The lowest BCUT2D eigenvalue weighted by molar-refractivity contribution is 0.0525. The average molecular weight is 363 g/mol. The lowest BCUT2D eigenvalue weighted by Gasteiger charge is -2.11. The molecule has 0 unspecified atom stereocenters. The average Bonchev–Trinajstić information content (AvgIpc) is 3.11. The molecule has 0 aliphatic heterocycles. The number of aryl methyl sites for hydroxylation is 2. The minimum absolute atomic E-state index is 0.0489. The number of carbonyl (C=O) groups is 2. The van der Waals surface area contributed by atoms with Gasteiger partial charge in [0.05, 0.1) is 23.1 Å². The molecule has 6 nitrogen and oxygen atoms in total. The zero-order chi connectivity index (χ0) is 18.6. The van der Waals surface area contributed by atoms with Crippen LogP contribution in [0, 0.1) is 13.8 Å². The fourth-order valence-electron chi connectivity index (χ4n) is 2.75. The maximum atomic E-state index is 12.9. The molecule has 2 aromatic heterocycles. The summed E-state index contributed by atoms with van der Waals surface area (Å²) < 4.78 is 7.13. The van der Waals surface area contributed by atoms with Gasteiger partial charge >= 0.3 is 5.97 Å². The Balaban J connectivity index is 2.21. The number of carbonyl (C=O) groups excluding carboxylic acids is 2. The molecule has 2 rings (SSSR count). The van der Waals surface area contributed by atoms with Crippen molar-refractivity contribution in [2.45, 2.75) is 58.0 Å². The Morgan fingerprint density at radius 3 is 2.72 bits per heavy atom. The number of ketones is 1. The summed E-state index contributed by atoms with van der Waals surface area (Å²) in [6.07, 6.45) is 4.67. The van der Waals surface area contributed by atoms with Crippen LogP contribution in [-0.4, -0.2) is 38.1 Å². The van der Waals surface area contributed by atoms with Gasteiger partial charge in [-0.25, -0.2) is 9.78 Å². The van der Waals surface area contributed by atoms with E-state index >= 15 is 0 Å². The first kappa shape index (κ1) is 19.3. The van der Waals surface area contributed by atoms with Gasteiger partial charge in [0.25, 0.3) is 0 Å². The SMILES string of the molecule is CCCn1ccnc1S[C@@H](C)C(=O)c1[nH]c(C)c(C(=O)OCC)c1C. The van der Waals surface area contributed by atoms with Crippen molar-refractivity contribution in [3.63, 3.8) is 0 Å². The van der Waals surface area contributed by atoms with Crippen LogP contribution < -0.4 is 0 Å². The predicted octanol–water partition coefficient (Wildman–Crippen LogP) is 3.78. The molecular weight excluding hydrogens is 338 g/mol. The molecule has 25 heavy (non-hydrogen) atoms. The number of aromatic amines is 1. The van der Waals surface area contributed by atoms with E-state index in [1.54, 1.807) is 27.0 Å². The van der Waals surface area contributed by atoms with Crippen LogP contribution in [-0.2, 0) is 11.3 Å². The summed E-state index contributed by atoms with van der Waals surface area (Å²) in [4.78, 5) is 32.4. The van der Waals surface area contributed by atoms with Crippen LogP contribution in [0.3, 0.4) is 0 Å². The maximum Gasteiger partial charge on any atom is 0.340 e. The molecule has 0 aliphatic rings. The number of Topliss-reactive ketones (excluding diaryl/α,β-unsaturated/α-hetero) is 1. The molecule has 0 aromatic carbocycles. The van der Waals surface area contributed by atoms with Crippen molar-refractivity contribution in [1.82, 2.24) is 14.5 Å². The lowest BCUT2D eigenvalue weighted by atomic mass is 10.1. The van der Waals surface area contributed by atoms with Gasteiger partial charge in [-0.15, -0.1) is 0 Å². The molecule has 7 heteroatoms. The fraction of sp³-hybridized carbons (Fsp3) is 0.500. The number of nitrogens with one attached hydrogen (secondary N) is 1. The summed E-state index contributed by atoms with van der Waals surface area (Å²) in [5, 5.41) is 0.513. The zero-order valence-electron chi connectivity index (χ0n) is 15.4. The van der Waals surface area contributed by atoms with E-state index in [0.29, 0.717) is 29.1 Å². The largest absolute Gasteiger partial charge is 0.462 e. The zero-order valence-corrected chi connectivity index (χ0v) is 16.2. The molecule has 1 atom stereocenters. The van der Waals surface area contributed by atoms with Gasteiger partial charge in [0.1, 0.15) is 0 Å². The van der Waals surface area contributed by atoms with E-state index in [1.807, 2.05) is 17.7 Å². The number of thioether (sulfide) groups is 1. The molecule has 2 aromatic rings. The third-order valence-corrected chi connectivity index (χ3v) is 5.08. The monoisotopic (exact) mass is 363 g/mol. The lowest BCUT2D eigenvalue weighted by Crippen LogP contribution is -2.16. The van der Waals surface area contributed by atoms with Crippen LogP contribution in [0.25, 0.3) is 0 Å². The Morgan fingerprint density at radius 1 is 1.36 bits per heavy atom. The Morgan fingerprint density at radius 2 is 2.08 bits per heavy atom. The number of ether oxygens (including phenoxy) is 1. The number of nitrogens with zero attached hydrogens (tertiary/aromatic N) is 2. The highest BCUT2D eigenvalue weighted by molar-refractivity contribution is 8.00. The number of hydrogen-bond donors (Lipinski definition) is 1. The van der Waals surface area contributed by atoms with Crippen molar-refractivity contribution in [1.29, 1.82) is 0 Å². The Kier molecular flexibility index (Phi) is 6.47. The molecule has 0 saturated carbocycles. The first-order valence-electron chi connectivity index (χ1n) is 8.48. The van der Waals surface area contributed by atoms with E-state index in [1.165, 1.54) is 11.8 Å². The Hall–Kier alpha value is -2.02. The maximum absolute atomic E-state index is 12.9. The molecule has 0 fully saturated rings.